The first-order chi connectivity index (χ1) is 3.83. The van der Waals surface area contributed by atoms with Gasteiger partial charge in [-0.25, -0.2) is 0 Å². The number of nitrogens with zero attached hydrogens (tertiary/aromatic N) is 1. The van der Waals surface area contributed by atoms with Gasteiger partial charge in [-0.2, -0.15) is 5.26 Å². The third kappa shape index (κ3) is 1.05. The van der Waals surface area contributed by atoms with Crippen LogP contribution in [0.3, 0.4) is 0 Å². The molecule has 0 aromatic heterocycles. The van der Waals surface area contributed by atoms with Crippen LogP contribution in [-0.4, -0.2) is 5.25 Å². The monoisotopic (exact) mass is 125 g/mol. The summed E-state index contributed by atoms with van der Waals surface area (Å²) in [5.41, 5.74) is 0. The molecule has 1 aliphatic rings. The number of thioether (sulfide) groups is 1. The van der Waals surface area contributed by atoms with Gasteiger partial charge in [0, 0.05) is 0 Å². The molecule has 1 aliphatic heterocycles. The molecule has 1 nitrogen and oxygen atoms in total. The summed E-state index contributed by atoms with van der Waals surface area (Å²) in [6.07, 6.45) is 3.05. The van der Waals surface area contributed by atoms with Crippen LogP contribution in [-0.2, 0) is 0 Å². The second kappa shape index (κ2) is 2.23. The van der Waals surface area contributed by atoms with Crippen molar-refractivity contribution in [3.63, 3.8) is 0 Å². The van der Waals surface area contributed by atoms with Crippen molar-refractivity contribution in [2.75, 3.05) is 0 Å². The van der Waals surface area contributed by atoms with Crippen molar-refractivity contribution in [1.29, 1.82) is 5.26 Å². The Morgan fingerprint density at radius 2 is 2.75 bits per heavy atom. The maximum Gasteiger partial charge on any atom is 0.0994 e. The fourth-order valence-corrected chi connectivity index (χ4v) is 1.56. The van der Waals surface area contributed by atoms with Gasteiger partial charge in [-0.3, -0.25) is 0 Å². The van der Waals surface area contributed by atoms with E-state index in [1.165, 1.54) is 4.91 Å². The highest BCUT2D eigenvalue weighted by atomic mass is 32.2. The molecule has 2 heteroatoms. The first-order valence-electron chi connectivity index (χ1n) is 2.56. The molecule has 0 aromatic rings. The van der Waals surface area contributed by atoms with E-state index in [9.17, 15) is 0 Å². The lowest BCUT2D eigenvalue weighted by atomic mass is 10.3. The number of hydrogen-bond acceptors (Lipinski definition) is 2. The summed E-state index contributed by atoms with van der Waals surface area (Å²) in [4.78, 5) is 1.29. The SMILES string of the molecule is CC1=CCC(C#N)S1. The molecule has 1 heterocycles. The summed E-state index contributed by atoms with van der Waals surface area (Å²) in [6.45, 7) is 2.04. The van der Waals surface area contributed by atoms with Crippen LogP contribution in [0.1, 0.15) is 13.3 Å². The van der Waals surface area contributed by atoms with E-state index in [1.807, 2.05) is 6.92 Å². The van der Waals surface area contributed by atoms with Gasteiger partial charge in [0.1, 0.15) is 0 Å². The van der Waals surface area contributed by atoms with E-state index in [1.54, 1.807) is 11.8 Å². The molecule has 0 saturated carbocycles. The van der Waals surface area contributed by atoms with Gasteiger partial charge in [0.15, 0.2) is 0 Å². The molecular formula is C6H7NS. The van der Waals surface area contributed by atoms with Crippen molar-refractivity contribution in [2.45, 2.75) is 18.6 Å². The van der Waals surface area contributed by atoms with Crippen LogP contribution in [0, 0.1) is 11.3 Å². The van der Waals surface area contributed by atoms with Crippen LogP contribution in [0.4, 0.5) is 0 Å². The van der Waals surface area contributed by atoms with Crippen LogP contribution in [0.5, 0.6) is 0 Å². The fourth-order valence-electron chi connectivity index (χ4n) is 0.673. The zero-order chi connectivity index (χ0) is 5.98. The van der Waals surface area contributed by atoms with Gasteiger partial charge in [-0.05, 0) is 18.2 Å². The molecule has 0 N–H and O–H groups in total. The number of hydrogen-bond donors (Lipinski definition) is 0. The maximum absolute atomic E-state index is 8.38. The third-order valence-electron chi connectivity index (χ3n) is 1.09. The van der Waals surface area contributed by atoms with Crippen molar-refractivity contribution in [2.24, 2.45) is 0 Å². The molecule has 1 rings (SSSR count). The standard InChI is InChI=1S/C6H7NS/c1-5-2-3-6(4-7)8-5/h2,6H,3H2,1H3. The Morgan fingerprint density at radius 3 is 3.00 bits per heavy atom. The van der Waals surface area contributed by atoms with Crippen LogP contribution < -0.4 is 0 Å². The zero-order valence-corrected chi connectivity index (χ0v) is 5.53. The predicted octanol–water partition coefficient (Wildman–Crippen LogP) is 1.92. The molecule has 1 atom stereocenters. The van der Waals surface area contributed by atoms with Crippen molar-refractivity contribution >= 4 is 11.8 Å². The topological polar surface area (TPSA) is 23.8 Å². The van der Waals surface area contributed by atoms with Crippen molar-refractivity contribution in [3.8, 4) is 6.07 Å². The highest BCUT2D eigenvalue weighted by molar-refractivity contribution is 8.04. The van der Waals surface area contributed by atoms with E-state index >= 15 is 0 Å². The average Bonchev–Trinajstić information content (AvgIpc) is 2.14. The van der Waals surface area contributed by atoms with Gasteiger partial charge in [0.05, 0.1) is 11.3 Å². The molecule has 1 unspecified atom stereocenters. The number of rotatable bonds is 0. The van der Waals surface area contributed by atoms with Crippen molar-refractivity contribution in [3.05, 3.63) is 11.0 Å². The summed E-state index contributed by atoms with van der Waals surface area (Å²) < 4.78 is 0. The van der Waals surface area contributed by atoms with Gasteiger partial charge in [-0.1, -0.05) is 6.08 Å². The minimum absolute atomic E-state index is 0.204. The van der Waals surface area contributed by atoms with E-state index < -0.39 is 0 Å². The van der Waals surface area contributed by atoms with Crippen LogP contribution in [0.25, 0.3) is 0 Å². The summed E-state index contributed by atoms with van der Waals surface area (Å²) >= 11 is 1.67. The van der Waals surface area contributed by atoms with Crippen LogP contribution in [0.15, 0.2) is 11.0 Å². The lowest BCUT2D eigenvalue weighted by Gasteiger charge is -1.92. The van der Waals surface area contributed by atoms with Gasteiger partial charge in [-0.15, -0.1) is 11.8 Å². The third-order valence-corrected chi connectivity index (χ3v) is 2.21. The Morgan fingerprint density at radius 1 is 2.00 bits per heavy atom. The molecule has 0 aromatic carbocycles. The lowest BCUT2D eigenvalue weighted by molar-refractivity contribution is 1.10. The molecule has 8 heavy (non-hydrogen) atoms. The Hall–Kier alpha value is -0.420. The summed E-state index contributed by atoms with van der Waals surface area (Å²) in [5, 5.41) is 8.58. The number of allylic oxidation sites excluding steroid dienone is 2. The fraction of sp³-hybridized carbons (Fsp3) is 0.500. The molecule has 0 aliphatic carbocycles. The summed E-state index contributed by atoms with van der Waals surface area (Å²) in [5.74, 6) is 0. The van der Waals surface area contributed by atoms with Crippen molar-refractivity contribution < 1.29 is 0 Å². The lowest BCUT2D eigenvalue weighted by Crippen LogP contribution is -1.88. The van der Waals surface area contributed by atoms with Gasteiger partial charge >= 0.3 is 0 Å². The molecule has 0 bridgehead atoms. The van der Waals surface area contributed by atoms with Crippen LogP contribution >= 0.6 is 11.8 Å². The normalized spacial score (nSPS) is 27.0. The van der Waals surface area contributed by atoms with Gasteiger partial charge in [0.2, 0.25) is 0 Å². The predicted molar refractivity (Wildman–Crippen MR) is 35.4 cm³/mol. The Labute approximate surface area is 53.4 Å². The van der Waals surface area contributed by atoms with E-state index in [4.69, 9.17) is 5.26 Å². The molecule has 0 amide bonds. The number of nitriles is 1. The average molecular weight is 125 g/mol. The second-order valence-electron chi connectivity index (χ2n) is 1.79. The molecule has 0 spiro atoms. The minimum Gasteiger partial charge on any atom is -0.197 e. The maximum atomic E-state index is 8.38. The smallest absolute Gasteiger partial charge is 0.0994 e. The van der Waals surface area contributed by atoms with E-state index in [0.29, 0.717) is 0 Å². The molecular weight excluding hydrogens is 118 g/mol. The second-order valence-corrected chi connectivity index (χ2v) is 3.23. The Kier molecular flexibility index (Phi) is 1.59. The summed E-state index contributed by atoms with van der Waals surface area (Å²) in [7, 11) is 0. The first kappa shape index (κ1) is 5.71. The van der Waals surface area contributed by atoms with E-state index in [0.717, 1.165) is 6.42 Å². The molecule has 42 valence electrons. The zero-order valence-electron chi connectivity index (χ0n) is 4.72. The summed E-state index contributed by atoms with van der Waals surface area (Å²) in [6, 6.07) is 2.21. The quantitative estimate of drug-likeness (QED) is 0.494. The molecule has 0 fully saturated rings. The molecule has 0 radical (unpaired) electrons. The van der Waals surface area contributed by atoms with E-state index in [2.05, 4.69) is 12.1 Å². The first-order valence-corrected chi connectivity index (χ1v) is 3.44. The molecule has 0 saturated heterocycles. The van der Waals surface area contributed by atoms with E-state index in [-0.39, 0.29) is 5.25 Å². The van der Waals surface area contributed by atoms with Crippen molar-refractivity contribution in [1.82, 2.24) is 0 Å². The highest BCUT2D eigenvalue weighted by Crippen LogP contribution is 2.30. The largest absolute Gasteiger partial charge is 0.197 e. The van der Waals surface area contributed by atoms with Gasteiger partial charge < -0.3 is 0 Å². The van der Waals surface area contributed by atoms with Crippen LogP contribution in [0.2, 0.25) is 0 Å². The van der Waals surface area contributed by atoms with Gasteiger partial charge in [0.25, 0.3) is 0 Å². The highest BCUT2D eigenvalue weighted by Gasteiger charge is 2.12. The Balaban J connectivity index is 2.47. The Bertz CT molecular complexity index is 154. The minimum atomic E-state index is 0.204.